The lowest BCUT2D eigenvalue weighted by atomic mass is 10.2. The zero-order valence-electron chi connectivity index (χ0n) is 9.15. The van der Waals surface area contributed by atoms with E-state index in [4.69, 9.17) is 17.4 Å². The molecule has 4 N–H and O–H groups in total. The molecule has 17 heavy (non-hydrogen) atoms. The van der Waals surface area contributed by atoms with Crippen molar-refractivity contribution in [3.8, 4) is 0 Å². The number of benzene rings is 1. The maximum Gasteiger partial charge on any atom is 0.140 e. The summed E-state index contributed by atoms with van der Waals surface area (Å²) in [6.07, 6.45) is 1.73. The molecule has 0 amide bonds. The maximum atomic E-state index is 5.81. The molecule has 1 aromatic heterocycles. The number of anilines is 2. The highest BCUT2D eigenvalue weighted by atomic mass is 35.5. The zero-order chi connectivity index (χ0) is 12.1. The van der Waals surface area contributed by atoms with Gasteiger partial charge in [-0.1, -0.05) is 23.7 Å². The average molecular weight is 249 g/mol. The molecule has 0 spiro atoms. The largest absolute Gasteiger partial charge is 0.380 e. The second-order valence-corrected chi connectivity index (χ2v) is 3.99. The van der Waals surface area contributed by atoms with Crippen LogP contribution in [0.1, 0.15) is 5.56 Å². The van der Waals surface area contributed by atoms with Gasteiger partial charge in [-0.15, -0.1) is 0 Å². The predicted octanol–water partition coefficient (Wildman–Crippen LogP) is 2.63. The predicted molar refractivity (Wildman–Crippen MR) is 70.8 cm³/mol. The van der Waals surface area contributed by atoms with Gasteiger partial charge in [-0.05, 0) is 29.8 Å². The smallest absolute Gasteiger partial charge is 0.140 e. The summed E-state index contributed by atoms with van der Waals surface area (Å²) in [7, 11) is 0. The molecule has 1 aromatic carbocycles. The summed E-state index contributed by atoms with van der Waals surface area (Å²) in [6.45, 7) is 0.730. The summed E-state index contributed by atoms with van der Waals surface area (Å²) in [5.41, 5.74) is 4.59. The van der Waals surface area contributed by atoms with Gasteiger partial charge in [-0.3, -0.25) is 0 Å². The summed E-state index contributed by atoms with van der Waals surface area (Å²) in [6, 6.07) is 11.4. The van der Waals surface area contributed by atoms with Gasteiger partial charge in [0.1, 0.15) is 5.82 Å². The number of hydrogen-bond donors (Lipinski definition) is 3. The van der Waals surface area contributed by atoms with Crippen molar-refractivity contribution in [2.24, 2.45) is 5.84 Å². The first-order valence-electron chi connectivity index (χ1n) is 5.19. The Labute approximate surface area is 105 Å². The Morgan fingerprint density at radius 3 is 2.47 bits per heavy atom. The van der Waals surface area contributed by atoms with Gasteiger partial charge >= 0.3 is 0 Å². The van der Waals surface area contributed by atoms with Crippen molar-refractivity contribution in [1.82, 2.24) is 4.98 Å². The van der Waals surface area contributed by atoms with Gasteiger partial charge in [0.15, 0.2) is 0 Å². The van der Waals surface area contributed by atoms with Crippen molar-refractivity contribution < 1.29 is 0 Å². The van der Waals surface area contributed by atoms with Crippen LogP contribution in [0.5, 0.6) is 0 Å². The van der Waals surface area contributed by atoms with E-state index < -0.39 is 0 Å². The molecular formula is C12H13ClN4. The Morgan fingerprint density at radius 1 is 1.12 bits per heavy atom. The molecule has 0 aliphatic carbocycles. The quantitative estimate of drug-likeness (QED) is 0.575. The summed E-state index contributed by atoms with van der Waals surface area (Å²) in [5, 5.41) is 4.00. The molecule has 4 nitrogen and oxygen atoms in total. The lowest BCUT2D eigenvalue weighted by Crippen LogP contribution is -2.08. The maximum absolute atomic E-state index is 5.81. The van der Waals surface area contributed by atoms with Crippen molar-refractivity contribution in [3.63, 3.8) is 0 Å². The number of nitrogen functional groups attached to an aromatic ring is 1. The monoisotopic (exact) mass is 248 g/mol. The number of hydrazine groups is 1. The number of nitrogens with two attached hydrogens (primary N) is 1. The molecule has 0 aliphatic rings. The highest BCUT2D eigenvalue weighted by Crippen LogP contribution is 2.13. The normalized spacial score (nSPS) is 10.0. The Morgan fingerprint density at radius 2 is 1.88 bits per heavy atom. The van der Waals surface area contributed by atoms with Gasteiger partial charge in [0.05, 0.1) is 11.9 Å². The molecule has 0 unspecified atom stereocenters. The van der Waals surface area contributed by atoms with Crippen LogP contribution in [0.2, 0.25) is 5.02 Å². The van der Waals surface area contributed by atoms with E-state index >= 15 is 0 Å². The minimum atomic E-state index is 0.641. The lowest BCUT2D eigenvalue weighted by Gasteiger charge is -2.07. The van der Waals surface area contributed by atoms with Crippen LogP contribution in [0.4, 0.5) is 11.5 Å². The molecular weight excluding hydrogens is 236 g/mol. The van der Waals surface area contributed by atoms with E-state index in [9.17, 15) is 0 Å². The van der Waals surface area contributed by atoms with Gasteiger partial charge in [-0.2, -0.15) is 0 Å². The topological polar surface area (TPSA) is 63.0 Å². The first kappa shape index (κ1) is 11.7. The number of halogens is 1. The van der Waals surface area contributed by atoms with E-state index in [1.54, 1.807) is 6.20 Å². The van der Waals surface area contributed by atoms with Gasteiger partial charge in [-0.25, -0.2) is 10.8 Å². The van der Waals surface area contributed by atoms with Crippen LogP contribution in [0.15, 0.2) is 42.6 Å². The van der Waals surface area contributed by atoms with Crippen LogP contribution in [-0.2, 0) is 6.54 Å². The van der Waals surface area contributed by atoms with E-state index in [1.165, 1.54) is 0 Å². The summed E-state index contributed by atoms with van der Waals surface area (Å²) in [4.78, 5) is 4.10. The van der Waals surface area contributed by atoms with Crippen molar-refractivity contribution in [2.75, 3.05) is 10.7 Å². The van der Waals surface area contributed by atoms with Gasteiger partial charge < -0.3 is 10.7 Å². The van der Waals surface area contributed by atoms with E-state index in [1.807, 2.05) is 36.4 Å². The van der Waals surface area contributed by atoms with Crippen molar-refractivity contribution in [3.05, 3.63) is 53.2 Å². The summed E-state index contributed by atoms with van der Waals surface area (Å²) >= 11 is 5.81. The van der Waals surface area contributed by atoms with Crippen LogP contribution in [0.25, 0.3) is 0 Å². The number of rotatable bonds is 4. The third-order valence-corrected chi connectivity index (χ3v) is 2.57. The minimum Gasteiger partial charge on any atom is -0.380 e. The third-order valence-electron chi connectivity index (χ3n) is 2.32. The fraction of sp³-hybridized carbons (Fsp3) is 0.0833. The van der Waals surface area contributed by atoms with Crippen LogP contribution in [0.3, 0.4) is 0 Å². The van der Waals surface area contributed by atoms with Gasteiger partial charge in [0.2, 0.25) is 0 Å². The Hall–Kier alpha value is -1.78. The third kappa shape index (κ3) is 3.34. The zero-order valence-corrected chi connectivity index (χ0v) is 9.91. The number of pyridine rings is 1. The SMILES string of the molecule is NNc1ccc(NCc2ccc(Cl)cc2)cn1. The van der Waals surface area contributed by atoms with Crippen LogP contribution < -0.4 is 16.6 Å². The molecule has 0 atom stereocenters. The van der Waals surface area contributed by atoms with Crippen LogP contribution >= 0.6 is 11.6 Å². The van der Waals surface area contributed by atoms with Crippen molar-refractivity contribution in [1.29, 1.82) is 0 Å². The van der Waals surface area contributed by atoms with E-state index in [-0.39, 0.29) is 0 Å². The molecule has 1 heterocycles. The molecule has 2 aromatic rings. The molecule has 5 heteroatoms. The van der Waals surface area contributed by atoms with E-state index in [0.29, 0.717) is 5.82 Å². The molecule has 0 saturated carbocycles. The number of aromatic nitrogens is 1. The van der Waals surface area contributed by atoms with E-state index in [2.05, 4.69) is 15.7 Å². The molecule has 0 saturated heterocycles. The van der Waals surface area contributed by atoms with Crippen molar-refractivity contribution >= 4 is 23.1 Å². The van der Waals surface area contributed by atoms with E-state index in [0.717, 1.165) is 22.8 Å². The molecule has 2 rings (SSSR count). The second kappa shape index (κ2) is 5.52. The molecule has 0 radical (unpaired) electrons. The van der Waals surface area contributed by atoms with Gasteiger partial charge in [0.25, 0.3) is 0 Å². The average Bonchev–Trinajstić information content (AvgIpc) is 2.39. The summed E-state index contributed by atoms with van der Waals surface area (Å²) < 4.78 is 0. The fourth-order valence-electron chi connectivity index (χ4n) is 1.39. The number of nitrogens with one attached hydrogen (secondary N) is 2. The fourth-order valence-corrected chi connectivity index (χ4v) is 1.52. The number of nitrogens with zero attached hydrogens (tertiary/aromatic N) is 1. The summed E-state index contributed by atoms with van der Waals surface area (Å²) in [5.74, 6) is 5.87. The lowest BCUT2D eigenvalue weighted by molar-refractivity contribution is 1.13. The molecule has 88 valence electrons. The highest BCUT2D eigenvalue weighted by Gasteiger charge is 1.95. The first-order valence-corrected chi connectivity index (χ1v) is 5.57. The Bertz CT molecular complexity index is 467. The number of hydrogen-bond acceptors (Lipinski definition) is 4. The van der Waals surface area contributed by atoms with Crippen LogP contribution in [-0.4, -0.2) is 4.98 Å². The Balaban J connectivity index is 1.95. The standard InChI is InChI=1S/C12H13ClN4/c13-10-3-1-9(2-4-10)7-15-11-5-6-12(17-14)16-8-11/h1-6,8,15H,7,14H2,(H,16,17). The molecule has 0 aliphatic heterocycles. The first-order chi connectivity index (χ1) is 8.28. The van der Waals surface area contributed by atoms with Crippen molar-refractivity contribution in [2.45, 2.75) is 6.54 Å². The molecule has 0 fully saturated rings. The highest BCUT2D eigenvalue weighted by molar-refractivity contribution is 6.30. The Kier molecular flexibility index (Phi) is 3.80. The minimum absolute atomic E-state index is 0.641. The second-order valence-electron chi connectivity index (χ2n) is 3.56. The van der Waals surface area contributed by atoms with Crippen LogP contribution in [0, 0.1) is 0 Å². The van der Waals surface area contributed by atoms with Gasteiger partial charge in [0, 0.05) is 11.6 Å². The molecule has 0 bridgehead atoms.